The van der Waals surface area contributed by atoms with Gasteiger partial charge in [-0.3, -0.25) is 4.98 Å². The second-order valence-electron chi connectivity index (χ2n) is 2.73. The molecule has 0 amide bonds. The van der Waals surface area contributed by atoms with Crippen molar-refractivity contribution in [2.75, 3.05) is 7.05 Å². The van der Waals surface area contributed by atoms with Crippen molar-refractivity contribution >= 4 is 33.6 Å². The number of H-pyrrole nitrogens is 1. The summed E-state index contributed by atoms with van der Waals surface area (Å²) in [4.78, 5) is 11.7. The molecule has 0 saturated heterocycles. The molecule has 5 heteroatoms. The minimum atomic E-state index is 0.755. The first-order chi connectivity index (χ1) is 6.31. The second-order valence-corrected chi connectivity index (χ2v) is 3.89. The van der Waals surface area contributed by atoms with Crippen molar-refractivity contribution < 1.29 is 0 Å². The zero-order valence-electron chi connectivity index (χ0n) is 7.13. The maximum Gasteiger partial charge on any atom is 0.121 e. The Balaban J connectivity index is 2.55. The highest BCUT2D eigenvalue weighted by Crippen LogP contribution is 2.16. The second kappa shape index (κ2) is 3.59. The van der Waals surface area contributed by atoms with Crippen LogP contribution in [0.25, 0.3) is 11.0 Å². The van der Waals surface area contributed by atoms with E-state index in [0.717, 1.165) is 27.0 Å². The largest absolute Gasteiger partial charge is 0.340 e. The molecule has 13 heavy (non-hydrogen) atoms. The van der Waals surface area contributed by atoms with E-state index in [0.29, 0.717) is 0 Å². The number of aromatic nitrogens is 3. The first-order valence-electron chi connectivity index (χ1n) is 3.94. The van der Waals surface area contributed by atoms with Gasteiger partial charge in [0.1, 0.15) is 11.3 Å². The van der Waals surface area contributed by atoms with Gasteiger partial charge in [-0.25, -0.2) is 4.98 Å². The van der Waals surface area contributed by atoms with Crippen molar-refractivity contribution in [2.45, 2.75) is 6.54 Å². The van der Waals surface area contributed by atoms with E-state index < -0.39 is 0 Å². The van der Waals surface area contributed by atoms with Crippen LogP contribution in [0, 0.1) is 3.57 Å². The van der Waals surface area contributed by atoms with Gasteiger partial charge in [0.15, 0.2) is 0 Å². The van der Waals surface area contributed by atoms with Crippen LogP contribution in [0.15, 0.2) is 12.4 Å². The number of rotatable bonds is 2. The number of imidazole rings is 1. The fraction of sp³-hybridized carbons (Fsp3) is 0.250. The molecule has 2 N–H and O–H groups in total. The first-order valence-corrected chi connectivity index (χ1v) is 5.02. The smallest absolute Gasteiger partial charge is 0.121 e. The van der Waals surface area contributed by atoms with Gasteiger partial charge in [-0.2, -0.15) is 0 Å². The van der Waals surface area contributed by atoms with Gasteiger partial charge in [0.05, 0.1) is 21.8 Å². The minimum absolute atomic E-state index is 0.755. The number of pyridine rings is 1. The summed E-state index contributed by atoms with van der Waals surface area (Å²) in [6.45, 7) is 0.755. The molecule has 0 radical (unpaired) electrons. The summed E-state index contributed by atoms with van der Waals surface area (Å²) in [7, 11) is 1.90. The quantitative estimate of drug-likeness (QED) is 0.819. The minimum Gasteiger partial charge on any atom is -0.340 e. The molecule has 2 heterocycles. The zero-order chi connectivity index (χ0) is 9.26. The summed E-state index contributed by atoms with van der Waals surface area (Å²) in [5.74, 6) is 0.948. The summed E-state index contributed by atoms with van der Waals surface area (Å²) in [5.41, 5.74) is 2.00. The molecule has 68 valence electrons. The molecule has 0 aliphatic carbocycles. The molecule has 0 atom stereocenters. The Bertz CT molecular complexity index is 423. The molecular formula is C8H9IN4. The van der Waals surface area contributed by atoms with Crippen molar-refractivity contribution in [3.63, 3.8) is 0 Å². The molecule has 0 aliphatic rings. The van der Waals surface area contributed by atoms with Gasteiger partial charge >= 0.3 is 0 Å². The van der Waals surface area contributed by atoms with Gasteiger partial charge in [-0.15, -0.1) is 0 Å². The monoisotopic (exact) mass is 288 g/mol. The van der Waals surface area contributed by atoms with Crippen molar-refractivity contribution in [1.82, 2.24) is 20.3 Å². The maximum atomic E-state index is 4.44. The van der Waals surface area contributed by atoms with E-state index in [1.807, 2.05) is 13.2 Å². The van der Waals surface area contributed by atoms with Gasteiger partial charge in [0.2, 0.25) is 0 Å². The Kier molecular flexibility index (Phi) is 2.45. The van der Waals surface area contributed by atoms with Crippen LogP contribution in [-0.2, 0) is 6.54 Å². The van der Waals surface area contributed by atoms with Gasteiger partial charge in [0, 0.05) is 6.20 Å². The van der Waals surface area contributed by atoms with E-state index in [4.69, 9.17) is 0 Å². The summed E-state index contributed by atoms with van der Waals surface area (Å²) in [5, 5.41) is 3.05. The molecule has 0 saturated carbocycles. The average Bonchev–Trinajstić information content (AvgIpc) is 2.49. The van der Waals surface area contributed by atoms with Gasteiger partial charge in [-0.05, 0) is 29.6 Å². The Labute approximate surface area is 89.3 Å². The van der Waals surface area contributed by atoms with Crippen LogP contribution in [-0.4, -0.2) is 22.0 Å². The lowest BCUT2D eigenvalue weighted by Gasteiger charge is -1.89. The van der Waals surface area contributed by atoms with Crippen molar-refractivity contribution in [3.05, 3.63) is 21.8 Å². The van der Waals surface area contributed by atoms with Gasteiger partial charge in [0.25, 0.3) is 0 Å². The lowest BCUT2D eigenvalue weighted by Crippen LogP contribution is -2.06. The van der Waals surface area contributed by atoms with E-state index in [9.17, 15) is 0 Å². The molecule has 0 unspecified atom stereocenters. The summed E-state index contributed by atoms with van der Waals surface area (Å²) >= 11 is 2.23. The lowest BCUT2D eigenvalue weighted by atomic mass is 10.4. The molecule has 2 aromatic heterocycles. The number of nitrogens with one attached hydrogen (secondary N) is 2. The maximum absolute atomic E-state index is 4.44. The molecule has 0 aliphatic heterocycles. The normalized spacial score (nSPS) is 10.9. The topological polar surface area (TPSA) is 53.6 Å². The fourth-order valence-corrected chi connectivity index (χ4v) is 1.77. The molecular weight excluding hydrogens is 279 g/mol. The summed E-state index contributed by atoms with van der Waals surface area (Å²) in [6.07, 6.45) is 3.61. The van der Waals surface area contributed by atoms with Gasteiger partial charge in [-0.1, -0.05) is 0 Å². The SMILES string of the molecule is CNCc1nc2c(I)cncc2[nH]1. The third kappa shape index (κ3) is 1.66. The number of fused-ring (bicyclic) bond motifs is 1. The van der Waals surface area contributed by atoms with Crippen molar-refractivity contribution in [3.8, 4) is 0 Å². The predicted octanol–water partition coefficient (Wildman–Crippen LogP) is 1.28. The van der Waals surface area contributed by atoms with E-state index in [2.05, 4.69) is 42.9 Å². The Morgan fingerprint density at radius 1 is 1.54 bits per heavy atom. The molecule has 2 aromatic rings. The first kappa shape index (κ1) is 8.89. The van der Waals surface area contributed by atoms with Crippen molar-refractivity contribution in [1.29, 1.82) is 0 Å². The van der Waals surface area contributed by atoms with Crippen LogP contribution >= 0.6 is 22.6 Å². The average molecular weight is 288 g/mol. The van der Waals surface area contributed by atoms with Crippen LogP contribution in [0.2, 0.25) is 0 Å². The summed E-state index contributed by atoms with van der Waals surface area (Å²) in [6, 6.07) is 0. The molecule has 4 nitrogen and oxygen atoms in total. The highest BCUT2D eigenvalue weighted by Gasteiger charge is 2.04. The Morgan fingerprint density at radius 2 is 2.38 bits per heavy atom. The van der Waals surface area contributed by atoms with Gasteiger partial charge < -0.3 is 10.3 Å². The third-order valence-electron chi connectivity index (χ3n) is 1.74. The number of hydrogen-bond donors (Lipinski definition) is 2. The molecule has 0 fully saturated rings. The third-order valence-corrected chi connectivity index (χ3v) is 2.53. The van der Waals surface area contributed by atoms with Crippen LogP contribution in [0.5, 0.6) is 0 Å². The van der Waals surface area contributed by atoms with Crippen molar-refractivity contribution in [2.24, 2.45) is 0 Å². The molecule has 0 aromatic carbocycles. The Morgan fingerprint density at radius 3 is 3.08 bits per heavy atom. The number of halogens is 1. The van der Waals surface area contributed by atoms with Crippen LogP contribution in [0.3, 0.4) is 0 Å². The van der Waals surface area contributed by atoms with Crippen LogP contribution in [0.1, 0.15) is 5.82 Å². The van der Waals surface area contributed by atoms with E-state index in [-0.39, 0.29) is 0 Å². The lowest BCUT2D eigenvalue weighted by molar-refractivity contribution is 0.775. The van der Waals surface area contributed by atoms with Crippen LogP contribution < -0.4 is 5.32 Å². The molecule has 0 bridgehead atoms. The van der Waals surface area contributed by atoms with E-state index in [1.165, 1.54) is 0 Å². The van der Waals surface area contributed by atoms with E-state index in [1.54, 1.807) is 6.20 Å². The molecule has 2 rings (SSSR count). The standard InChI is InChI=1S/C8H9IN4/c1-10-4-7-12-6-3-11-2-5(9)8(6)13-7/h2-3,10H,4H2,1H3,(H,12,13). The summed E-state index contributed by atoms with van der Waals surface area (Å²) < 4.78 is 1.08. The Hall–Kier alpha value is -0.690. The predicted molar refractivity (Wildman–Crippen MR) is 59.4 cm³/mol. The highest BCUT2D eigenvalue weighted by molar-refractivity contribution is 14.1. The fourth-order valence-electron chi connectivity index (χ4n) is 1.20. The molecule has 0 spiro atoms. The number of nitrogens with zero attached hydrogens (tertiary/aromatic N) is 2. The van der Waals surface area contributed by atoms with Crippen LogP contribution in [0.4, 0.5) is 0 Å². The zero-order valence-corrected chi connectivity index (χ0v) is 9.29. The number of hydrogen-bond acceptors (Lipinski definition) is 3. The highest BCUT2D eigenvalue weighted by atomic mass is 127. The van der Waals surface area contributed by atoms with E-state index >= 15 is 0 Å². The number of aromatic amines is 1.